The summed E-state index contributed by atoms with van der Waals surface area (Å²) in [5, 5.41) is 0. The van der Waals surface area contributed by atoms with Gasteiger partial charge in [-0.2, -0.15) is 0 Å². The van der Waals surface area contributed by atoms with Gasteiger partial charge in [0.2, 0.25) is 0 Å². The fourth-order valence-electron chi connectivity index (χ4n) is 1.77. The summed E-state index contributed by atoms with van der Waals surface area (Å²) in [7, 11) is 11.6. The third-order valence-corrected chi connectivity index (χ3v) is 2.09. The van der Waals surface area contributed by atoms with Crippen LogP contribution < -0.4 is 0 Å². The average Bonchev–Trinajstić information content (AvgIpc) is 1.60. The van der Waals surface area contributed by atoms with E-state index in [1.807, 2.05) is 0 Å². The Morgan fingerprint density at radius 1 is 1.00 bits per heavy atom. The molecule has 10 heavy (non-hydrogen) atoms. The van der Waals surface area contributed by atoms with Crippen LogP contribution in [0.3, 0.4) is 0 Å². The SMILES string of the molecule is CC[N+](C)(C)[BH2-][N+](C)(C)C. The molecule has 0 aromatic carbocycles. The van der Waals surface area contributed by atoms with Crippen LogP contribution in [-0.2, 0) is 0 Å². The summed E-state index contributed by atoms with van der Waals surface area (Å²) in [5.74, 6) is 0. The summed E-state index contributed by atoms with van der Waals surface area (Å²) in [6.45, 7) is 3.52. The van der Waals surface area contributed by atoms with Gasteiger partial charge in [-0.05, 0) is 6.92 Å². The first-order valence-corrected chi connectivity index (χ1v) is 4.15. The summed E-state index contributed by atoms with van der Waals surface area (Å²) in [6.07, 6.45) is 0. The molecule has 0 radical (unpaired) electrons. The van der Waals surface area contributed by atoms with Crippen LogP contribution in [0.15, 0.2) is 0 Å². The van der Waals surface area contributed by atoms with Crippen LogP contribution in [0.25, 0.3) is 0 Å². The summed E-state index contributed by atoms with van der Waals surface area (Å²) >= 11 is 0. The zero-order valence-electron chi connectivity index (χ0n) is 8.60. The molecule has 62 valence electrons. The van der Waals surface area contributed by atoms with Gasteiger partial charge in [-0.3, -0.25) is 0 Å². The third kappa shape index (κ3) is 4.83. The van der Waals surface area contributed by atoms with Crippen LogP contribution in [0, 0.1) is 0 Å². The van der Waals surface area contributed by atoms with Gasteiger partial charge in [0, 0.05) is 41.8 Å². The lowest BCUT2D eigenvalue weighted by molar-refractivity contribution is -0.879. The van der Waals surface area contributed by atoms with Gasteiger partial charge in [0.05, 0.1) is 0 Å². The largest absolute Gasteiger partial charge is 0.473 e. The first-order valence-electron chi connectivity index (χ1n) is 4.15. The Bertz CT molecular complexity index is 105. The van der Waals surface area contributed by atoms with Gasteiger partial charge >= 0.3 is 7.55 Å². The van der Waals surface area contributed by atoms with E-state index in [0.717, 1.165) is 0 Å². The lowest BCUT2D eigenvalue weighted by atomic mass is 10.00. The molecular formula is C7H22BN2+. The number of nitrogens with zero attached hydrogens (tertiary/aromatic N) is 2. The van der Waals surface area contributed by atoms with Crippen molar-refractivity contribution in [1.82, 2.24) is 0 Å². The van der Waals surface area contributed by atoms with Crippen molar-refractivity contribution in [3.05, 3.63) is 0 Å². The Morgan fingerprint density at radius 3 is 1.50 bits per heavy atom. The van der Waals surface area contributed by atoms with Crippen molar-refractivity contribution in [3.63, 3.8) is 0 Å². The molecule has 0 aromatic heterocycles. The van der Waals surface area contributed by atoms with Gasteiger partial charge in [-0.25, -0.2) is 0 Å². The van der Waals surface area contributed by atoms with E-state index < -0.39 is 0 Å². The minimum atomic E-state index is 0.0764. The highest BCUT2D eigenvalue weighted by Gasteiger charge is 2.15. The van der Waals surface area contributed by atoms with Crippen molar-refractivity contribution >= 4 is 7.55 Å². The van der Waals surface area contributed by atoms with Crippen LogP contribution in [0.2, 0.25) is 0 Å². The van der Waals surface area contributed by atoms with Crippen LogP contribution in [0.5, 0.6) is 0 Å². The zero-order valence-corrected chi connectivity index (χ0v) is 8.60. The fourth-order valence-corrected chi connectivity index (χ4v) is 1.77. The average molecular weight is 145 g/mol. The van der Waals surface area contributed by atoms with Crippen molar-refractivity contribution in [2.24, 2.45) is 0 Å². The zero-order chi connectivity index (χ0) is 8.41. The highest BCUT2D eigenvalue weighted by atomic mass is 15.4. The smallest absolute Gasteiger partial charge is 0.386 e. The monoisotopic (exact) mass is 145 g/mol. The molecule has 0 amide bonds. The van der Waals surface area contributed by atoms with Gasteiger partial charge in [0.25, 0.3) is 0 Å². The minimum Gasteiger partial charge on any atom is -0.473 e. The second kappa shape index (κ2) is 2.93. The second-order valence-corrected chi connectivity index (χ2v) is 5.49. The highest BCUT2D eigenvalue weighted by Crippen LogP contribution is 1.98. The van der Waals surface area contributed by atoms with Gasteiger partial charge in [-0.1, -0.05) is 0 Å². The molecule has 0 saturated carbocycles. The Morgan fingerprint density at radius 2 is 1.40 bits per heavy atom. The normalized spacial score (nSPS) is 13.8. The molecule has 0 bridgehead atoms. The van der Waals surface area contributed by atoms with Crippen LogP contribution in [-0.4, -0.2) is 58.1 Å². The Balaban J connectivity index is 3.89. The van der Waals surface area contributed by atoms with Crippen molar-refractivity contribution in [2.45, 2.75) is 6.92 Å². The standard InChI is InChI=1S/C7H22BN2/c1-7-10(5,6)8-9(2,3)4/h7-8H2,1-6H3/q+1. The lowest BCUT2D eigenvalue weighted by Gasteiger charge is -2.44. The molecule has 0 aliphatic heterocycles. The summed E-state index contributed by atoms with van der Waals surface area (Å²) in [6, 6.07) is 0. The molecule has 0 aliphatic carbocycles. The van der Waals surface area contributed by atoms with Crippen molar-refractivity contribution in [2.75, 3.05) is 41.8 Å². The molecule has 0 rings (SSSR count). The maximum absolute atomic E-state index is 2.32. The number of quaternary nitrogens is 2. The van der Waals surface area contributed by atoms with E-state index in [4.69, 9.17) is 0 Å². The van der Waals surface area contributed by atoms with Crippen molar-refractivity contribution < 1.29 is 8.79 Å². The molecule has 0 N–H and O–H groups in total. The van der Waals surface area contributed by atoms with E-state index in [2.05, 4.69) is 42.2 Å². The maximum Gasteiger partial charge on any atom is 0.386 e. The van der Waals surface area contributed by atoms with Gasteiger partial charge in [0.15, 0.2) is 0 Å². The molecule has 3 heteroatoms. The van der Waals surface area contributed by atoms with Crippen LogP contribution >= 0.6 is 0 Å². The van der Waals surface area contributed by atoms with E-state index in [1.165, 1.54) is 15.3 Å². The van der Waals surface area contributed by atoms with E-state index in [0.29, 0.717) is 0 Å². The van der Waals surface area contributed by atoms with E-state index >= 15 is 0 Å². The first kappa shape index (κ1) is 9.98. The Kier molecular flexibility index (Phi) is 2.92. The fraction of sp³-hybridized carbons (Fsp3) is 1.00. The molecule has 0 aromatic rings. The molecular weight excluding hydrogens is 123 g/mol. The second-order valence-electron chi connectivity index (χ2n) is 5.49. The van der Waals surface area contributed by atoms with Crippen molar-refractivity contribution in [3.8, 4) is 0 Å². The molecule has 0 unspecified atom stereocenters. The molecule has 0 fully saturated rings. The number of rotatable bonds is 3. The summed E-state index contributed by atoms with van der Waals surface area (Å²) < 4.78 is 2.39. The lowest BCUT2D eigenvalue weighted by Crippen LogP contribution is -2.56. The number of hydrogen-bond donors (Lipinski definition) is 0. The molecule has 0 aliphatic rings. The van der Waals surface area contributed by atoms with Gasteiger partial charge in [0.1, 0.15) is 0 Å². The predicted octanol–water partition coefficient (Wildman–Crippen LogP) is -0.212. The number of hydrogen-bond acceptors (Lipinski definition) is 0. The van der Waals surface area contributed by atoms with Crippen LogP contribution in [0.4, 0.5) is 0 Å². The van der Waals surface area contributed by atoms with Gasteiger partial charge < -0.3 is 8.79 Å². The molecule has 0 spiro atoms. The van der Waals surface area contributed by atoms with E-state index in [9.17, 15) is 0 Å². The summed E-state index contributed by atoms with van der Waals surface area (Å²) in [4.78, 5) is 0. The topological polar surface area (TPSA) is 0 Å². The van der Waals surface area contributed by atoms with Crippen molar-refractivity contribution in [1.29, 1.82) is 0 Å². The predicted molar refractivity (Wildman–Crippen MR) is 49.2 cm³/mol. The van der Waals surface area contributed by atoms with E-state index in [1.54, 1.807) is 0 Å². The molecule has 0 saturated heterocycles. The highest BCUT2D eigenvalue weighted by molar-refractivity contribution is 6.16. The van der Waals surface area contributed by atoms with Gasteiger partial charge in [-0.15, -0.1) is 0 Å². The Labute approximate surface area is 65.9 Å². The van der Waals surface area contributed by atoms with Crippen LogP contribution in [0.1, 0.15) is 6.92 Å². The quantitative estimate of drug-likeness (QED) is 0.482. The summed E-state index contributed by atoms with van der Waals surface area (Å²) in [5.41, 5.74) is 0. The molecule has 0 heterocycles. The third-order valence-electron chi connectivity index (χ3n) is 2.09. The first-order chi connectivity index (χ1) is 4.27. The molecule has 2 nitrogen and oxygen atoms in total. The minimum absolute atomic E-state index is 0.0764. The maximum atomic E-state index is 2.32. The molecule has 0 atom stereocenters. The Hall–Kier alpha value is -0.0151. The van der Waals surface area contributed by atoms with E-state index in [-0.39, 0.29) is 7.55 Å².